The maximum Gasteiger partial charge on any atom is 0.0923 e. The van der Waals surface area contributed by atoms with E-state index >= 15 is 0 Å². The summed E-state index contributed by atoms with van der Waals surface area (Å²) in [5.41, 5.74) is 6.02. The van der Waals surface area contributed by atoms with Crippen LogP contribution in [0, 0.1) is 6.92 Å². The SMILES string of the molecule is Cc1ccc(-c2cc(C3CCN(Cc4cnn(C)c4)C3)[nH]n2)cc1. The second kappa shape index (κ2) is 6.24. The molecule has 124 valence electrons. The lowest BCUT2D eigenvalue weighted by Gasteiger charge is -2.14. The van der Waals surface area contributed by atoms with Crippen LogP contribution < -0.4 is 0 Å². The van der Waals surface area contributed by atoms with E-state index in [1.807, 2.05) is 17.9 Å². The summed E-state index contributed by atoms with van der Waals surface area (Å²) in [6, 6.07) is 10.8. The average molecular weight is 321 g/mol. The number of hydrogen-bond donors (Lipinski definition) is 1. The highest BCUT2D eigenvalue weighted by molar-refractivity contribution is 5.59. The van der Waals surface area contributed by atoms with Crippen molar-refractivity contribution >= 4 is 0 Å². The molecule has 0 saturated carbocycles. The summed E-state index contributed by atoms with van der Waals surface area (Å²) in [5.74, 6) is 0.536. The molecule has 1 aromatic carbocycles. The number of H-pyrrole nitrogens is 1. The van der Waals surface area contributed by atoms with Gasteiger partial charge >= 0.3 is 0 Å². The molecule has 0 aliphatic carbocycles. The summed E-state index contributed by atoms with van der Waals surface area (Å²) in [6.45, 7) is 5.28. The number of aromatic amines is 1. The van der Waals surface area contributed by atoms with Gasteiger partial charge in [-0.3, -0.25) is 14.7 Å². The molecule has 0 spiro atoms. The Morgan fingerprint density at radius 1 is 1.25 bits per heavy atom. The smallest absolute Gasteiger partial charge is 0.0923 e. The molecule has 3 heterocycles. The molecule has 5 heteroatoms. The molecule has 4 rings (SSSR count). The lowest BCUT2D eigenvalue weighted by atomic mass is 10.0. The maximum absolute atomic E-state index is 4.52. The molecular weight excluding hydrogens is 298 g/mol. The van der Waals surface area contributed by atoms with Gasteiger partial charge in [-0.15, -0.1) is 0 Å². The molecule has 3 aromatic rings. The number of aryl methyl sites for hydroxylation is 2. The van der Waals surface area contributed by atoms with Crippen molar-refractivity contribution in [2.75, 3.05) is 13.1 Å². The van der Waals surface area contributed by atoms with E-state index in [9.17, 15) is 0 Å². The molecule has 2 aromatic heterocycles. The summed E-state index contributed by atoms with van der Waals surface area (Å²) in [5, 5.41) is 12.0. The minimum absolute atomic E-state index is 0.536. The van der Waals surface area contributed by atoms with Gasteiger partial charge < -0.3 is 0 Å². The highest BCUT2D eigenvalue weighted by Gasteiger charge is 2.25. The fraction of sp³-hybridized carbons (Fsp3) is 0.368. The quantitative estimate of drug-likeness (QED) is 0.803. The van der Waals surface area contributed by atoms with Crippen molar-refractivity contribution in [3.63, 3.8) is 0 Å². The van der Waals surface area contributed by atoms with Crippen LogP contribution in [0.1, 0.15) is 29.2 Å². The molecule has 1 aliphatic rings. The van der Waals surface area contributed by atoms with Crippen LogP contribution in [-0.4, -0.2) is 38.0 Å². The molecule has 0 radical (unpaired) electrons. The molecule has 1 aliphatic heterocycles. The molecule has 24 heavy (non-hydrogen) atoms. The van der Waals surface area contributed by atoms with E-state index in [0.29, 0.717) is 5.92 Å². The standard InChI is InChI=1S/C19H23N5/c1-14-3-5-16(6-4-14)18-9-19(22-21-18)17-7-8-24(13-17)12-15-10-20-23(2)11-15/h3-6,9-11,17H,7-8,12-13H2,1-2H3,(H,21,22). The summed E-state index contributed by atoms with van der Waals surface area (Å²) in [4.78, 5) is 2.49. The van der Waals surface area contributed by atoms with E-state index in [1.54, 1.807) is 0 Å². The first-order valence-electron chi connectivity index (χ1n) is 8.49. The molecule has 0 amide bonds. The van der Waals surface area contributed by atoms with Gasteiger partial charge in [-0.05, 0) is 26.0 Å². The monoisotopic (exact) mass is 321 g/mol. The number of nitrogens with one attached hydrogen (secondary N) is 1. The number of benzene rings is 1. The van der Waals surface area contributed by atoms with Crippen molar-refractivity contribution in [3.05, 3.63) is 59.5 Å². The number of hydrogen-bond acceptors (Lipinski definition) is 3. The van der Waals surface area contributed by atoms with Crippen molar-refractivity contribution in [2.45, 2.75) is 25.8 Å². The Labute approximate surface area is 142 Å². The van der Waals surface area contributed by atoms with E-state index in [4.69, 9.17) is 0 Å². The zero-order valence-corrected chi connectivity index (χ0v) is 14.2. The molecule has 1 saturated heterocycles. The van der Waals surface area contributed by atoms with Gasteiger partial charge in [0.2, 0.25) is 0 Å². The minimum atomic E-state index is 0.536. The predicted molar refractivity (Wildman–Crippen MR) is 94.6 cm³/mol. The van der Waals surface area contributed by atoms with Crippen LogP contribution in [0.5, 0.6) is 0 Å². The van der Waals surface area contributed by atoms with E-state index in [0.717, 1.165) is 25.3 Å². The number of rotatable bonds is 4. The maximum atomic E-state index is 4.52. The molecule has 1 N–H and O–H groups in total. The summed E-state index contributed by atoms with van der Waals surface area (Å²) in [6.07, 6.45) is 5.23. The topological polar surface area (TPSA) is 49.7 Å². The Morgan fingerprint density at radius 2 is 2.08 bits per heavy atom. The lowest BCUT2D eigenvalue weighted by Crippen LogP contribution is -2.19. The Kier molecular flexibility index (Phi) is 3.94. The average Bonchev–Trinajstić information content (AvgIpc) is 3.29. The van der Waals surface area contributed by atoms with Crippen molar-refractivity contribution in [1.82, 2.24) is 24.9 Å². The van der Waals surface area contributed by atoms with Gasteiger partial charge in [-0.2, -0.15) is 10.2 Å². The van der Waals surface area contributed by atoms with Crippen molar-refractivity contribution in [2.24, 2.45) is 7.05 Å². The number of nitrogens with zero attached hydrogens (tertiary/aromatic N) is 4. The fourth-order valence-electron chi connectivity index (χ4n) is 3.46. The number of aromatic nitrogens is 4. The van der Waals surface area contributed by atoms with Gasteiger partial charge in [0.05, 0.1) is 11.9 Å². The Morgan fingerprint density at radius 3 is 2.83 bits per heavy atom. The van der Waals surface area contributed by atoms with Gasteiger partial charge in [-0.1, -0.05) is 29.8 Å². The highest BCUT2D eigenvalue weighted by atomic mass is 15.2. The van der Waals surface area contributed by atoms with E-state index in [2.05, 4.69) is 63.6 Å². The van der Waals surface area contributed by atoms with Crippen molar-refractivity contribution < 1.29 is 0 Å². The Balaban J connectivity index is 1.43. The van der Waals surface area contributed by atoms with Gasteiger partial charge in [0.1, 0.15) is 0 Å². The molecule has 1 unspecified atom stereocenters. The third-order valence-electron chi connectivity index (χ3n) is 4.82. The first-order valence-corrected chi connectivity index (χ1v) is 8.49. The van der Waals surface area contributed by atoms with Crippen molar-refractivity contribution in [1.29, 1.82) is 0 Å². The van der Waals surface area contributed by atoms with Crippen LogP contribution in [0.25, 0.3) is 11.3 Å². The first-order chi connectivity index (χ1) is 11.7. The van der Waals surface area contributed by atoms with Gasteiger partial charge in [0.15, 0.2) is 0 Å². The van der Waals surface area contributed by atoms with Crippen LogP contribution in [0.15, 0.2) is 42.7 Å². The third-order valence-corrected chi connectivity index (χ3v) is 4.82. The second-order valence-corrected chi connectivity index (χ2v) is 6.82. The largest absolute Gasteiger partial charge is 0.298 e. The van der Waals surface area contributed by atoms with Crippen LogP contribution >= 0.6 is 0 Å². The molecule has 1 fully saturated rings. The van der Waals surface area contributed by atoms with Crippen LogP contribution in [0.2, 0.25) is 0 Å². The molecule has 1 atom stereocenters. The molecule has 5 nitrogen and oxygen atoms in total. The van der Waals surface area contributed by atoms with Crippen LogP contribution in [0.4, 0.5) is 0 Å². The van der Waals surface area contributed by atoms with Gasteiger partial charge in [0, 0.05) is 49.1 Å². The van der Waals surface area contributed by atoms with Crippen molar-refractivity contribution in [3.8, 4) is 11.3 Å². The molecular formula is C19H23N5. The number of likely N-dealkylation sites (tertiary alicyclic amines) is 1. The van der Waals surface area contributed by atoms with Crippen LogP contribution in [-0.2, 0) is 13.6 Å². The van der Waals surface area contributed by atoms with Gasteiger partial charge in [0.25, 0.3) is 0 Å². The summed E-state index contributed by atoms with van der Waals surface area (Å²) < 4.78 is 1.87. The van der Waals surface area contributed by atoms with Crippen LogP contribution in [0.3, 0.4) is 0 Å². The Bertz CT molecular complexity index is 814. The first kappa shape index (κ1) is 15.1. The lowest BCUT2D eigenvalue weighted by molar-refractivity contribution is 0.326. The zero-order chi connectivity index (χ0) is 16.5. The highest BCUT2D eigenvalue weighted by Crippen LogP contribution is 2.29. The minimum Gasteiger partial charge on any atom is -0.298 e. The van der Waals surface area contributed by atoms with E-state index in [1.165, 1.54) is 28.8 Å². The van der Waals surface area contributed by atoms with E-state index < -0.39 is 0 Å². The summed E-state index contributed by atoms with van der Waals surface area (Å²) in [7, 11) is 1.97. The Hall–Kier alpha value is -2.40. The summed E-state index contributed by atoms with van der Waals surface area (Å²) >= 11 is 0. The third kappa shape index (κ3) is 3.12. The zero-order valence-electron chi connectivity index (χ0n) is 14.2. The van der Waals surface area contributed by atoms with E-state index in [-0.39, 0.29) is 0 Å². The van der Waals surface area contributed by atoms with Gasteiger partial charge in [-0.25, -0.2) is 0 Å². The fourth-order valence-corrected chi connectivity index (χ4v) is 3.46. The molecule has 0 bridgehead atoms. The second-order valence-electron chi connectivity index (χ2n) is 6.82. The normalized spacial score (nSPS) is 18.3. The predicted octanol–water partition coefficient (Wildman–Crippen LogP) is 3.11.